The number of hydrogen-bond donors (Lipinski definition) is 1. The smallest absolute Gasteiger partial charge is 0.411 e. The molecule has 32 heavy (non-hydrogen) atoms. The van der Waals surface area contributed by atoms with E-state index in [1.165, 1.54) is 20.0 Å². The van der Waals surface area contributed by atoms with Crippen LogP contribution >= 0.6 is 0 Å². The van der Waals surface area contributed by atoms with Crippen LogP contribution in [0.2, 0.25) is 0 Å². The monoisotopic (exact) mass is 434 g/mol. The van der Waals surface area contributed by atoms with E-state index < -0.39 is 6.09 Å². The van der Waals surface area contributed by atoms with Gasteiger partial charge in [-0.15, -0.1) is 10.2 Å². The molecule has 3 aromatic rings. The Morgan fingerprint density at radius 3 is 2.81 bits per heavy atom. The Balaban J connectivity index is 1.67. The van der Waals surface area contributed by atoms with Crippen LogP contribution in [0.25, 0.3) is 17.1 Å². The number of anilines is 2. The molecule has 2 aliphatic rings. The number of aryl methyl sites for hydroxylation is 1. The number of methoxy groups -OCH3 is 1. The summed E-state index contributed by atoms with van der Waals surface area (Å²) in [4.78, 5) is 28.1. The van der Waals surface area contributed by atoms with E-state index in [2.05, 4.69) is 41.9 Å². The molecule has 0 spiro atoms. The van der Waals surface area contributed by atoms with Crippen LogP contribution < -0.4 is 10.2 Å². The molecule has 166 valence electrons. The second kappa shape index (κ2) is 8.18. The summed E-state index contributed by atoms with van der Waals surface area (Å²) in [5.41, 5.74) is 2.06. The maximum atomic E-state index is 11.8. The van der Waals surface area contributed by atoms with Gasteiger partial charge in [0.05, 0.1) is 31.2 Å². The molecule has 1 fully saturated rings. The zero-order valence-corrected chi connectivity index (χ0v) is 18.4. The van der Waals surface area contributed by atoms with Crippen molar-refractivity contribution in [2.45, 2.75) is 58.0 Å². The van der Waals surface area contributed by atoms with Gasteiger partial charge in [0.15, 0.2) is 17.5 Å². The topological polar surface area (TPSA) is 111 Å². The fraction of sp³-hybridized carbons (Fsp3) is 0.455. The first kappa shape index (κ1) is 20.3. The summed E-state index contributed by atoms with van der Waals surface area (Å²) in [6.07, 6.45) is 10.1. The number of nitrogens with zero attached hydrogens (tertiary/aromatic N) is 7. The molecule has 0 radical (unpaired) electrons. The Labute approximate surface area is 186 Å². The van der Waals surface area contributed by atoms with Crippen molar-refractivity contribution in [1.29, 1.82) is 0 Å². The normalized spacial score (nSPS) is 17.7. The fourth-order valence-corrected chi connectivity index (χ4v) is 4.85. The molecule has 4 heterocycles. The van der Waals surface area contributed by atoms with Crippen molar-refractivity contribution in [2.24, 2.45) is 0 Å². The average molecular weight is 435 g/mol. The number of fused-ring (bicyclic) bond motifs is 3. The Hall–Kier alpha value is -3.56. The maximum Gasteiger partial charge on any atom is 0.411 e. The highest BCUT2D eigenvalue weighted by Gasteiger charge is 2.39. The Morgan fingerprint density at radius 1 is 1.25 bits per heavy atom. The van der Waals surface area contributed by atoms with Gasteiger partial charge in [0, 0.05) is 17.8 Å². The second-order valence-electron chi connectivity index (χ2n) is 8.15. The molecule has 1 unspecified atom stereocenters. The Bertz CT molecular complexity index is 1150. The van der Waals surface area contributed by atoms with Gasteiger partial charge in [-0.1, -0.05) is 19.8 Å². The quantitative estimate of drug-likeness (QED) is 0.660. The number of carbonyl (C=O) groups excluding carboxylic acids is 1. The standard InChI is InChI=1S/C22H26N8O2/c1-4-17-21-28-27-13(2)29(21)18-12-24-19(26-20(18)30(17)14-7-5-6-8-14)15-9-10-23-11-16(15)25-22(31)32-3/h9-12,14,17H,4-8H2,1-3H3,(H,25,31). The first-order valence-corrected chi connectivity index (χ1v) is 11.0. The van der Waals surface area contributed by atoms with Crippen molar-refractivity contribution in [1.82, 2.24) is 29.7 Å². The van der Waals surface area contributed by atoms with E-state index in [9.17, 15) is 4.79 Å². The van der Waals surface area contributed by atoms with Gasteiger partial charge in [0.2, 0.25) is 0 Å². The summed E-state index contributed by atoms with van der Waals surface area (Å²) in [6, 6.07) is 2.29. The first-order chi connectivity index (χ1) is 15.6. The number of rotatable bonds is 4. The zero-order chi connectivity index (χ0) is 22.2. The second-order valence-corrected chi connectivity index (χ2v) is 8.15. The predicted molar refractivity (Wildman–Crippen MR) is 119 cm³/mol. The molecule has 1 aliphatic heterocycles. The molecule has 0 saturated heterocycles. The van der Waals surface area contributed by atoms with Crippen LogP contribution in [0.15, 0.2) is 24.7 Å². The van der Waals surface area contributed by atoms with E-state index in [-0.39, 0.29) is 6.04 Å². The van der Waals surface area contributed by atoms with Crippen LogP contribution in [-0.2, 0) is 4.74 Å². The van der Waals surface area contributed by atoms with Crippen LogP contribution in [-0.4, -0.2) is 49.0 Å². The molecule has 0 bridgehead atoms. The molecular weight excluding hydrogens is 408 g/mol. The van der Waals surface area contributed by atoms with Crippen molar-refractivity contribution in [3.8, 4) is 17.1 Å². The van der Waals surface area contributed by atoms with Crippen LogP contribution in [0.4, 0.5) is 16.3 Å². The highest BCUT2D eigenvalue weighted by atomic mass is 16.5. The minimum atomic E-state index is -0.569. The van der Waals surface area contributed by atoms with Gasteiger partial charge in [0.25, 0.3) is 0 Å². The first-order valence-electron chi connectivity index (χ1n) is 11.0. The van der Waals surface area contributed by atoms with E-state index >= 15 is 0 Å². The van der Waals surface area contributed by atoms with E-state index in [0.29, 0.717) is 23.1 Å². The summed E-state index contributed by atoms with van der Waals surface area (Å²) in [5.74, 6) is 3.16. The van der Waals surface area contributed by atoms with E-state index in [4.69, 9.17) is 9.72 Å². The molecule has 10 nitrogen and oxygen atoms in total. The highest BCUT2D eigenvalue weighted by molar-refractivity contribution is 5.90. The van der Waals surface area contributed by atoms with Gasteiger partial charge in [-0.3, -0.25) is 14.9 Å². The van der Waals surface area contributed by atoms with E-state index in [0.717, 1.165) is 42.4 Å². The van der Waals surface area contributed by atoms with Crippen molar-refractivity contribution >= 4 is 17.6 Å². The SMILES string of the molecule is CCC1c2nnc(C)n2-c2cnc(-c3ccncc3NC(=O)OC)nc2N1C1CCCC1. The van der Waals surface area contributed by atoms with Crippen molar-refractivity contribution in [2.75, 3.05) is 17.3 Å². The summed E-state index contributed by atoms with van der Waals surface area (Å²) >= 11 is 0. The molecule has 1 saturated carbocycles. The van der Waals surface area contributed by atoms with Crippen molar-refractivity contribution < 1.29 is 9.53 Å². The number of ether oxygens (including phenoxy) is 1. The van der Waals surface area contributed by atoms with Gasteiger partial charge in [0.1, 0.15) is 11.5 Å². The molecule has 5 rings (SSSR count). The molecule has 3 aromatic heterocycles. The van der Waals surface area contributed by atoms with Crippen LogP contribution in [0.3, 0.4) is 0 Å². The molecule has 1 N–H and O–H groups in total. The lowest BCUT2D eigenvalue weighted by molar-refractivity contribution is 0.187. The predicted octanol–water partition coefficient (Wildman–Crippen LogP) is 3.82. The zero-order valence-electron chi connectivity index (χ0n) is 18.4. The highest BCUT2D eigenvalue weighted by Crippen LogP contribution is 2.43. The number of carbonyl (C=O) groups is 1. The van der Waals surface area contributed by atoms with Gasteiger partial charge in [-0.25, -0.2) is 14.8 Å². The lowest BCUT2D eigenvalue weighted by Crippen LogP contribution is -2.42. The third-order valence-electron chi connectivity index (χ3n) is 6.31. The number of aromatic nitrogens is 6. The third-order valence-corrected chi connectivity index (χ3v) is 6.31. The molecule has 0 aromatic carbocycles. The molecular formula is C22H26N8O2. The lowest BCUT2D eigenvalue weighted by Gasteiger charge is -2.41. The van der Waals surface area contributed by atoms with Crippen LogP contribution in [0, 0.1) is 6.92 Å². The van der Waals surface area contributed by atoms with E-state index in [1.54, 1.807) is 18.5 Å². The van der Waals surface area contributed by atoms with Gasteiger partial charge in [-0.2, -0.15) is 0 Å². The summed E-state index contributed by atoms with van der Waals surface area (Å²) in [6.45, 7) is 4.13. The van der Waals surface area contributed by atoms with Gasteiger partial charge < -0.3 is 9.64 Å². The van der Waals surface area contributed by atoms with Gasteiger partial charge in [-0.05, 0) is 32.3 Å². The lowest BCUT2D eigenvalue weighted by atomic mass is 10.0. The molecule has 1 amide bonds. The summed E-state index contributed by atoms with van der Waals surface area (Å²) in [7, 11) is 1.32. The average Bonchev–Trinajstić information content (AvgIpc) is 3.48. The van der Waals surface area contributed by atoms with E-state index in [1.807, 2.05) is 13.1 Å². The number of hydrogen-bond acceptors (Lipinski definition) is 8. The van der Waals surface area contributed by atoms with Crippen molar-refractivity contribution in [3.05, 3.63) is 36.3 Å². The van der Waals surface area contributed by atoms with Crippen LogP contribution in [0.5, 0.6) is 0 Å². The third kappa shape index (κ3) is 3.26. The number of nitrogens with one attached hydrogen (secondary N) is 1. The number of pyridine rings is 1. The molecule has 1 aliphatic carbocycles. The Kier molecular flexibility index (Phi) is 5.20. The summed E-state index contributed by atoms with van der Waals surface area (Å²) in [5, 5.41) is 11.6. The molecule has 1 atom stereocenters. The molecule has 10 heteroatoms. The van der Waals surface area contributed by atoms with Gasteiger partial charge >= 0.3 is 6.09 Å². The van der Waals surface area contributed by atoms with Crippen molar-refractivity contribution in [3.63, 3.8) is 0 Å². The number of amides is 1. The minimum absolute atomic E-state index is 0.0969. The minimum Gasteiger partial charge on any atom is -0.453 e. The largest absolute Gasteiger partial charge is 0.453 e. The fourth-order valence-electron chi connectivity index (χ4n) is 4.85. The Morgan fingerprint density at radius 2 is 2.06 bits per heavy atom. The summed E-state index contributed by atoms with van der Waals surface area (Å²) < 4.78 is 6.82. The van der Waals surface area contributed by atoms with Crippen LogP contribution in [0.1, 0.15) is 56.7 Å². The maximum absolute atomic E-state index is 11.8.